The molecule has 1 fully saturated rings. The number of esters is 1. The quantitative estimate of drug-likeness (QED) is 0.457. The lowest BCUT2D eigenvalue weighted by Gasteiger charge is -2.18. The Kier molecular flexibility index (Phi) is 12.0. The maximum atomic E-state index is 11.1. The van der Waals surface area contributed by atoms with Crippen LogP contribution in [0.25, 0.3) is 0 Å². The number of halogens is 1. The number of hydrogen-bond acceptors (Lipinski definition) is 7. The standard InChI is InChI=1S/C17H24ClNO5.C2H7N/c1-21-7-2-8-23-16-9-12(3-4-13(16)18)10-22-11-14(19)15-5-6-17(20)24-15;1-3-2/h3-4,9,14-15H,2,5-8,10-11,19H2,1H3;3H,1-2H3. The van der Waals surface area contributed by atoms with Crippen molar-refractivity contribution in [1.29, 1.82) is 0 Å². The fourth-order valence-electron chi connectivity index (χ4n) is 2.40. The van der Waals surface area contributed by atoms with E-state index in [9.17, 15) is 4.79 Å². The first kappa shape index (κ1) is 23.7. The van der Waals surface area contributed by atoms with E-state index < -0.39 is 0 Å². The van der Waals surface area contributed by atoms with Crippen LogP contribution in [0.2, 0.25) is 5.02 Å². The molecule has 2 atom stereocenters. The van der Waals surface area contributed by atoms with Crippen LogP contribution in [0.15, 0.2) is 18.2 Å². The van der Waals surface area contributed by atoms with Gasteiger partial charge in [-0.05, 0) is 38.2 Å². The smallest absolute Gasteiger partial charge is 0.306 e. The van der Waals surface area contributed by atoms with Crippen molar-refractivity contribution in [2.24, 2.45) is 5.73 Å². The van der Waals surface area contributed by atoms with Crippen LogP contribution >= 0.6 is 11.6 Å². The van der Waals surface area contributed by atoms with Gasteiger partial charge in [-0.1, -0.05) is 17.7 Å². The third-order valence-corrected chi connectivity index (χ3v) is 4.03. The van der Waals surface area contributed by atoms with Gasteiger partial charge in [0.25, 0.3) is 0 Å². The number of carbonyl (C=O) groups is 1. The van der Waals surface area contributed by atoms with Crippen molar-refractivity contribution >= 4 is 17.6 Å². The molecule has 1 aromatic carbocycles. The predicted molar refractivity (Wildman–Crippen MR) is 105 cm³/mol. The largest absolute Gasteiger partial charge is 0.492 e. The van der Waals surface area contributed by atoms with Gasteiger partial charge in [0.05, 0.1) is 30.9 Å². The molecule has 154 valence electrons. The zero-order valence-corrected chi connectivity index (χ0v) is 17.1. The molecule has 1 aromatic rings. The Labute approximate surface area is 166 Å². The van der Waals surface area contributed by atoms with E-state index in [-0.39, 0.29) is 18.1 Å². The van der Waals surface area contributed by atoms with Crippen LogP contribution in [0.4, 0.5) is 0 Å². The SMILES string of the molecule is CNC.COCCCOc1cc(COCC(N)C2CCC(=O)O2)ccc1Cl. The van der Waals surface area contributed by atoms with Crippen LogP contribution in [-0.2, 0) is 25.6 Å². The van der Waals surface area contributed by atoms with E-state index in [1.807, 2.05) is 26.2 Å². The highest BCUT2D eigenvalue weighted by Crippen LogP contribution is 2.26. The van der Waals surface area contributed by atoms with Gasteiger partial charge >= 0.3 is 5.97 Å². The van der Waals surface area contributed by atoms with Gasteiger partial charge in [0.2, 0.25) is 0 Å². The van der Waals surface area contributed by atoms with E-state index in [1.165, 1.54) is 0 Å². The topological polar surface area (TPSA) is 92.0 Å². The van der Waals surface area contributed by atoms with Crippen molar-refractivity contribution in [3.63, 3.8) is 0 Å². The van der Waals surface area contributed by atoms with Crippen molar-refractivity contribution in [3.8, 4) is 5.75 Å². The molecule has 0 amide bonds. The summed E-state index contributed by atoms with van der Waals surface area (Å²) in [4.78, 5) is 11.1. The summed E-state index contributed by atoms with van der Waals surface area (Å²) in [6.45, 7) is 1.89. The Morgan fingerprint density at radius 3 is 2.74 bits per heavy atom. The molecule has 0 aromatic heterocycles. The van der Waals surface area contributed by atoms with E-state index in [2.05, 4.69) is 5.32 Å². The molecule has 0 aliphatic carbocycles. The average Bonchev–Trinajstić information content (AvgIpc) is 3.08. The Morgan fingerprint density at radius 1 is 1.37 bits per heavy atom. The minimum Gasteiger partial charge on any atom is -0.492 e. The second-order valence-electron chi connectivity index (χ2n) is 6.21. The number of nitrogens with one attached hydrogen (secondary N) is 1. The molecule has 8 heteroatoms. The molecule has 0 spiro atoms. The molecule has 7 nitrogen and oxygen atoms in total. The number of rotatable bonds is 10. The summed E-state index contributed by atoms with van der Waals surface area (Å²) in [5.41, 5.74) is 6.94. The first-order valence-corrected chi connectivity index (χ1v) is 9.41. The summed E-state index contributed by atoms with van der Waals surface area (Å²) in [5.74, 6) is 0.436. The van der Waals surface area contributed by atoms with Gasteiger partial charge in [0.15, 0.2) is 0 Å². The van der Waals surface area contributed by atoms with Gasteiger partial charge in [0, 0.05) is 26.6 Å². The maximum absolute atomic E-state index is 11.1. The van der Waals surface area contributed by atoms with Crippen molar-refractivity contribution < 1.29 is 23.7 Å². The molecule has 0 bridgehead atoms. The van der Waals surface area contributed by atoms with Crippen molar-refractivity contribution in [2.75, 3.05) is 41.0 Å². The van der Waals surface area contributed by atoms with E-state index in [4.69, 9.17) is 36.3 Å². The van der Waals surface area contributed by atoms with Gasteiger partial charge in [-0.2, -0.15) is 0 Å². The van der Waals surface area contributed by atoms with Crippen LogP contribution in [0.3, 0.4) is 0 Å². The Hall–Kier alpha value is -1.38. The fourth-order valence-corrected chi connectivity index (χ4v) is 2.57. The maximum Gasteiger partial charge on any atom is 0.306 e. The number of ether oxygens (including phenoxy) is 4. The lowest BCUT2D eigenvalue weighted by molar-refractivity contribution is -0.142. The zero-order chi connectivity index (χ0) is 20.1. The monoisotopic (exact) mass is 402 g/mol. The number of cyclic esters (lactones) is 1. The van der Waals surface area contributed by atoms with Gasteiger partial charge in [-0.3, -0.25) is 4.79 Å². The van der Waals surface area contributed by atoms with Gasteiger partial charge < -0.3 is 30.0 Å². The lowest BCUT2D eigenvalue weighted by Crippen LogP contribution is -2.38. The summed E-state index contributed by atoms with van der Waals surface area (Å²) in [6.07, 6.45) is 1.63. The molecule has 1 saturated heterocycles. The second kappa shape index (κ2) is 13.7. The van der Waals surface area contributed by atoms with E-state index >= 15 is 0 Å². The number of hydrogen-bond donors (Lipinski definition) is 2. The summed E-state index contributed by atoms with van der Waals surface area (Å²) in [7, 11) is 5.40. The van der Waals surface area contributed by atoms with E-state index in [1.54, 1.807) is 13.2 Å². The third-order valence-electron chi connectivity index (χ3n) is 3.72. The molecule has 0 radical (unpaired) electrons. The molecule has 1 aliphatic heterocycles. The van der Waals surface area contributed by atoms with Crippen LogP contribution in [-0.4, -0.2) is 59.1 Å². The average molecular weight is 403 g/mol. The highest BCUT2D eigenvalue weighted by atomic mass is 35.5. The summed E-state index contributed by atoms with van der Waals surface area (Å²) < 4.78 is 21.4. The molecule has 3 N–H and O–H groups in total. The Morgan fingerprint density at radius 2 is 2.11 bits per heavy atom. The summed E-state index contributed by atoms with van der Waals surface area (Å²) in [6, 6.07) is 5.21. The minimum atomic E-state index is -0.312. The number of carbonyl (C=O) groups excluding carboxylic acids is 1. The van der Waals surface area contributed by atoms with Crippen molar-refractivity contribution in [1.82, 2.24) is 5.32 Å². The second-order valence-corrected chi connectivity index (χ2v) is 6.61. The van der Waals surface area contributed by atoms with E-state index in [0.717, 1.165) is 12.0 Å². The molecule has 1 heterocycles. The number of methoxy groups -OCH3 is 1. The zero-order valence-electron chi connectivity index (χ0n) is 16.3. The van der Waals surface area contributed by atoms with Gasteiger partial charge in [0.1, 0.15) is 11.9 Å². The normalized spacial score (nSPS) is 17.1. The number of nitrogens with two attached hydrogens (primary N) is 1. The molecule has 2 unspecified atom stereocenters. The highest BCUT2D eigenvalue weighted by molar-refractivity contribution is 6.32. The van der Waals surface area contributed by atoms with Gasteiger partial charge in [-0.15, -0.1) is 0 Å². The molecule has 2 rings (SSSR count). The van der Waals surface area contributed by atoms with Crippen molar-refractivity contribution in [3.05, 3.63) is 28.8 Å². The molecule has 1 aliphatic rings. The Bertz CT molecular complexity index is 559. The van der Waals surface area contributed by atoms with Crippen molar-refractivity contribution in [2.45, 2.75) is 38.0 Å². The third kappa shape index (κ3) is 9.39. The Balaban J connectivity index is 0.00000114. The van der Waals surface area contributed by atoms with Crippen LogP contribution < -0.4 is 15.8 Å². The molecule has 0 saturated carbocycles. The summed E-state index contributed by atoms with van der Waals surface area (Å²) >= 11 is 6.13. The fraction of sp³-hybridized carbons (Fsp3) is 0.632. The first-order chi connectivity index (χ1) is 13.0. The van der Waals surface area contributed by atoms with Crippen LogP contribution in [0.1, 0.15) is 24.8 Å². The van der Waals surface area contributed by atoms with Gasteiger partial charge in [-0.25, -0.2) is 0 Å². The van der Waals surface area contributed by atoms with E-state index in [0.29, 0.717) is 50.0 Å². The first-order valence-electron chi connectivity index (χ1n) is 9.03. The minimum absolute atomic E-state index is 0.191. The highest BCUT2D eigenvalue weighted by Gasteiger charge is 2.28. The number of benzene rings is 1. The predicted octanol–water partition coefficient (Wildman–Crippen LogP) is 2.14. The summed E-state index contributed by atoms with van der Waals surface area (Å²) in [5, 5.41) is 3.31. The molecular formula is C19H31ClN2O5. The molecular weight excluding hydrogens is 372 g/mol. The lowest BCUT2D eigenvalue weighted by atomic mass is 10.1. The van der Waals surface area contributed by atoms with Crippen LogP contribution in [0.5, 0.6) is 5.75 Å². The van der Waals surface area contributed by atoms with Crippen LogP contribution in [0, 0.1) is 0 Å². The molecule has 27 heavy (non-hydrogen) atoms.